The molecule has 210 valence electrons. The van der Waals surface area contributed by atoms with E-state index < -0.39 is 11.9 Å². The second-order valence-electron chi connectivity index (χ2n) is 8.82. The summed E-state index contributed by atoms with van der Waals surface area (Å²) >= 11 is 1.15. The Kier molecular flexibility index (Phi) is 9.77. The fourth-order valence-electron chi connectivity index (χ4n) is 4.44. The Balaban J connectivity index is 0.00000205. The number of allylic oxidation sites excluding steroid dienone is 1. The number of aromatic nitrogens is 3. The first-order valence-electron chi connectivity index (χ1n) is 11.9. The number of aliphatic imine (C=N–C) groups is 1. The van der Waals surface area contributed by atoms with Crippen molar-refractivity contribution in [3.05, 3.63) is 70.1 Å². The minimum Gasteiger partial charge on any atom is -0.432 e. The molecule has 4 N–H and O–H groups in total. The lowest BCUT2D eigenvalue weighted by Crippen LogP contribution is -2.39. The molecule has 39 heavy (non-hydrogen) atoms. The maximum absolute atomic E-state index is 14.0. The largest absolute Gasteiger partial charge is 0.435 e. The first kappa shape index (κ1) is 30.1. The Hall–Kier alpha value is -3.40. The van der Waals surface area contributed by atoms with Gasteiger partial charge in [0.25, 0.3) is 11.6 Å². The van der Waals surface area contributed by atoms with E-state index in [0.717, 1.165) is 23.0 Å². The number of nitrogens with two attached hydrogens (primary N) is 1. The molecule has 1 aromatic carbocycles. The van der Waals surface area contributed by atoms with Crippen LogP contribution in [0.15, 0.2) is 51.5 Å². The van der Waals surface area contributed by atoms with Crippen molar-refractivity contribution in [2.24, 2.45) is 10.7 Å². The van der Waals surface area contributed by atoms with E-state index in [9.17, 15) is 18.0 Å². The predicted octanol–water partition coefficient (Wildman–Crippen LogP) is 3.77. The SMILES string of the molecule is CCn1cc(-c2cc(Cn3ccoc3=N)cc3c2CCN(C/C(C=NC)=C(\C)N)C3=O)c(C(F)(F)F)n1.OI. The smallest absolute Gasteiger partial charge is 0.432 e. The molecule has 3 aromatic rings. The predicted molar refractivity (Wildman–Crippen MR) is 147 cm³/mol. The van der Waals surface area contributed by atoms with Gasteiger partial charge in [-0.2, -0.15) is 18.3 Å². The molecule has 0 fully saturated rings. The number of hydrogen-bond donors (Lipinski definition) is 3. The van der Waals surface area contributed by atoms with E-state index in [2.05, 4.69) is 10.1 Å². The van der Waals surface area contributed by atoms with Gasteiger partial charge in [-0.05, 0) is 49.1 Å². The number of nitrogens with zero attached hydrogens (tertiary/aromatic N) is 5. The zero-order valence-electron chi connectivity index (χ0n) is 21.6. The third-order valence-electron chi connectivity index (χ3n) is 6.29. The van der Waals surface area contributed by atoms with Crippen LogP contribution in [0.25, 0.3) is 11.1 Å². The van der Waals surface area contributed by atoms with Crippen LogP contribution in [0, 0.1) is 5.41 Å². The van der Waals surface area contributed by atoms with E-state index in [-0.39, 0.29) is 36.8 Å². The van der Waals surface area contributed by atoms with Crippen LogP contribution >= 0.6 is 23.0 Å². The summed E-state index contributed by atoms with van der Waals surface area (Å²) in [4.78, 5) is 19.3. The maximum Gasteiger partial charge on any atom is 0.435 e. The Labute approximate surface area is 236 Å². The van der Waals surface area contributed by atoms with Crippen LogP contribution in [0.5, 0.6) is 0 Å². The van der Waals surface area contributed by atoms with Crippen molar-refractivity contribution >= 4 is 35.1 Å². The van der Waals surface area contributed by atoms with Crippen molar-refractivity contribution in [2.45, 2.75) is 39.5 Å². The Morgan fingerprint density at radius 2 is 2.00 bits per heavy atom. The Morgan fingerprint density at radius 1 is 1.31 bits per heavy atom. The molecule has 0 unspecified atom stereocenters. The van der Waals surface area contributed by atoms with E-state index in [0.29, 0.717) is 46.5 Å². The van der Waals surface area contributed by atoms with Crippen LogP contribution in [0.3, 0.4) is 0 Å². The zero-order chi connectivity index (χ0) is 28.9. The summed E-state index contributed by atoms with van der Waals surface area (Å²) in [5, 5.41) is 11.7. The van der Waals surface area contributed by atoms with Crippen molar-refractivity contribution in [2.75, 3.05) is 20.1 Å². The minimum absolute atomic E-state index is 0.0755. The Morgan fingerprint density at radius 3 is 2.56 bits per heavy atom. The third kappa shape index (κ3) is 6.61. The summed E-state index contributed by atoms with van der Waals surface area (Å²) in [6.07, 6.45) is 1.55. The molecule has 1 aliphatic heterocycles. The van der Waals surface area contributed by atoms with Gasteiger partial charge < -0.3 is 18.5 Å². The van der Waals surface area contributed by atoms with Gasteiger partial charge in [-0.25, -0.2) is 0 Å². The van der Waals surface area contributed by atoms with Gasteiger partial charge in [-0.1, -0.05) is 0 Å². The lowest BCUT2D eigenvalue weighted by atomic mass is 9.88. The fourth-order valence-corrected chi connectivity index (χ4v) is 4.44. The number of hydrogen-bond acceptors (Lipinski definition) is 7. The quantitative estimate of drug-likeness (QED) is 0.262. The van der Waals surface area contributed by atoms with Crippen LogP contribution in [0.1, 0.15) is 41.0 Å². The number of carbonyl (C=O) groups is 1. The number of nitrogens with one attached hydrogen (secondary N) is 1. The maximum atomic E-state index is 14.0. The standard InChI is InChI=1S/C25H28F3N7O2.HIO/c1-4-35-14-21(22(32-35)25(26,27)28)19-9-16(12-34-7-8-37-24(34)30)10-20-18(19)5-6-33(23(20)36)13-17(11-31-3)15(2)29;1-2/h7-11,14,30H,4-6,12-13,29H2,1-3H3;2H/b17-15+,30-24?,31-11?;. The number of fused-ring (bicyclic) bond motifs is 1. The van der Waals surface area contributed by atoms with Gasteiger partial charge in [0.05, 0.1) is 6.54 Å². The van der Waals surface area contributed by atoms with Gasteiger partial charge in [0, 0.05) is 67.7 Å². The number of amides is 1. The number of rotatable bonds is 7. The molecule has 1 amide bonds. The number of carbonyl (C=O) groups excluding carboxylic acids is 1. The molecule has 0 saturated carbocycles. The number of halogens is 4. The topological polar surface area (TPSA) is 139 Å². The lowest BCUT2D eigenvalue weighted by molar-refractivity contribution is -0.141. The highest BCUT2D eigenvalue weighted by Crippen LogP contribution is 2.40. The summed E-state index contributed by atoms with van der Waals surface area (Å²) in [7, 11) is 1.61. The van der Waals surface area contributed by atoms with Gasteiger partial charge in [0.2, 0.25) is 0 Å². The van der Waals surface area contributed by atoms with E-state index in [1.54, 1.807) is 50.3 Å². The van der Waals surface area contributed by atoms with E-state index in [1.165, 1.54) is 21.7 Å². The first-order valence-corrected chi connectivity index (χ1v) is 12.8. The number of alkyl halides is 3. The minimum atomic E-state index is -4.67. The summed E-state index contributed by atoms with van der Waals surface area (Å²) in [6, 6.07) is 3.32. The molecule has 0 bridgehead atoms. The molecule has 0 spiro atoms. The highest BCUT2D eigenvalue weighted by Gasteiger charge is 2.39. The molecule has 14 heteroatoms. The second-order valence-corrected chi connectivity index (χ2v) is 8.82. The highest BCUT2D eigenvalue weighted by molar-refractivity contribution is 14.1. The molecule has 10 nitrogen and oxygen atoms in total. The van der Waals surface area contributed by atoms with Gasteiger partial charge in [0.1, 0.15) is 29.3 Å². The molecule has 1 aliphatic rings. The summed E-state index contributed by atoms with van der Waals surface area (Å²) < 4.78 is 56.7. The Bertz CT molecular complexity index is 1450. The molecular formula is C25H29F3IN7O3. The van der Waals surface area contributed by atoms with Gasteiger partial charge in [-0.15, -0.1) is 0 Å². The van der Waals surface area contributed by atoms with Crippen LogP contribution in [-0.4, -0.2) is 54.9 Å². The van der Waals surface area contributed by atoms with Crippen molar-refractivity contribution in [3.8, 4) is 11.1 Å². The van der Waals surface area contributed by atoms with Gasteiger partial charge in [-0.3, -0.25) is 24.4 Å². The van der Waals surface area contributed by atoms with Crippen LogP contribution in [0.2, 0.25) is 0 Å². The number of benzene rings is 1. The molecule has 3 heterocycles. The molecule has 0 atom stereocenters. The lowest BCUT2D eigenvalue weighted by Gasteiger charge is -2.31. The fraction of sp³-hybridized carbons (Fsp3) is 0.360. The highest BCUT2D eigenvalue weighted by atomic mass is 127. The summed E-state index contributed by atoms with van der Waals surface area (Å²) in [6.45, 7) is 4.37. The van der Waals surface area contributed by atoms with Crippen molar-refractivity contribution in [1.82, 2.24) is 19.2 Å². The number of aryl methyl sites for hydroxylation is 1. The molecule has 2 aromatic heterocycles. The van der Waals surface area contributed by atoms with Crippen molar-refractivity contribution in [3.63, 3.8) is 0 Å². The van der Waals surface area contributed by atoms with Crippen LogP contribution < -0.4 is 11.4 Å². The van der Waals surface area contributed by atoms with E-state index in [1.807, 2.05) is 0 Å². The van der Waals surface area contributed by atoms with Crippen molar-refractivity contribution < 1.29 is 25.8 Å². The van der Waals surface area contributed by atoms with E-state index >= 15 is 0 Å². The molecule has 0 saturated heterocycles. The zero-order valence-corrected chi connectivity index (χ0v) is 23.7. The molecule has 0 aliphatic carbocycles. The average Bonchev–Trinajstić information content (AvgIpc) is 3.52. The summed E-state index contributed by atoms with van der Waals surface area (Å²) in [5.74, 6) is -0.313. The van der Waals surface area contributed by atoms with Crippen LogP contribution in [-0.2, 0) is 25.7 Å². The molecule has 4 rings (SSSR count). The number of oxazole rings is 1. The van der Waals surface area contributed by atoms with Gasteiger partial charge >= 0.3 is 6.18 Å². The summed E-state index contributed by atoms with van der Waals surface area (Å²) in [5.41, 5.74) is 7.71. The molecular weight excluding hydrogens is 630 g/mol. The van der Waals surface area contributed by atoms with Crippen molar-refractivity contribution in [1.29, 1.82) is 5.41 Å². The van der Waals surface area contributed by atoms with Gasteiger partial charge in [0.15, 0.2) is 5.69 Å². The average molecular weight is 659 g/mol. The van der Waals surface area contributed by atoms with E-state index in [4.69, 9.17) is 19.0 Å². The first-order chi connectivity index (χ1) is 18.5. The monoisotopic (exact) mass is 659 g/mol. The third-order valence-corrected chi connectivity index (χ3v) is 6.29. The van der Waals surface area contributed by atoms with Crippen LogP contribution in [0.4, 0.5) is 13.2 Å². The molecule has 0 radical (unpaired) electrons. The second kappa shape index (κ2) is 12.6. The normalized spacial score (nSPS) is 14.3.